The van der Waals surface area contributed by atoms with E-state index in [2.05, 4.69) is 13.8 Å². The van der Waals surface area contributed by atoms with Crippen molar-refractivity contribution in [3.8, 4) is 0 Å². The molecule has 0 saturated carbocycles. The van der Waals surface area contributed by atoms with Gasteiger partial charge in [0.25, 0.3) is 0 Å². The van der Waals surface area contributed by atoms with Crippen LogP contribution in [0.1, 0.15) is 30.5 Å². The molecule has 0 amide bonds. The zero-order valence-corrected chi connectivity index (χ0v) is 8.00. The maximum absolute atomic E-state index is 9.00. The van der Waals surface area contributed by atoms with Gasteiger partial charge in [-0.25, -0.2) is 0 Å². The fraction of sp³-hybridized carbons (Fsp3) is 0.455. The second kappa shape index (κ2) is 2.82. The summed E-state index contributed by atoms with van der Waals surface area (Å²) in [5.74, 6) is 0. The van der Waals surface area contributed by atoms with E-state index in [4.69, 9.17) is 9.84 Å². The summed E-state index contributed by atoms with van der Waals surface area (Å²) in [5, 5.41) is 9.00. The van der Waals surface area contributed by atoms with Crippen molar-refractivity contribution >= 4 is 0 Å². The highest BCUT2D eigenvalue weighted by molar-refractivity contribution is 5.37. The molecular formula is C11H14O2. The summed E-state index contributed by atoms with van der Waals surface area (Å²) in [4.78, 5) is 0. The Bertz CT molecular complexity index is 329. The van der Waals surface area contributed by atoms with Crippen molar-refractivity contribution in [1.29, 1.82) is 0 Å². The number of aliphatic hydroxyl groups excluding tert-OH is 1. The van der Waals surface area contributed by atoms with Crippen molar-refractivity contribution in [3.63, 3.8) is 0 Å². The van der Waals surface area contributed by atoms with Crippen LogP contribution in [0, 0.1) is 0 Å². The number of aliphatic hydroxyl groups is 1. The fourth-order valence-electron chi connectivity index (χ4n) is 1.74. The third-order valence-electron chi connectivity index (χ3n) is 2.59. The Morgan fingerprint density at radius 1 is 1.46 bits per heavy atom. The van der Waals surface area contributed by atoms with Gasteiger partial charge in [0, 0.05) is 0 Å². The molecule has 0 saturated heterocycles. The Balaban J connectivity index is 2.50. The number of benzene rings is 1. The first kappa shape index (κ1) is 8.73. The first-order chi connectivity index (χ1) is 6.13. The molecule has 13 heavy (non-hydrogen) atoms. The van der Waals surface area contributed by atoms with Gasteiger partial charge >= 0.3 is 0 Å². The molecule has 1 heterocycles. The van der Waals surface area contributed by atoms with E-state index in [9.17, 15) is 0 Å². The van der Waals surface area contributed by atoms with E-state index in [0.29, 0.717) is 6.61 Å². The Morgan fingerprint density at radius 3 is 2.92 bits per heavy atom. The molecule has 1 aromatic rings. The molecule has 2 nitrogen and oxygen atoms in total. The molecule has 1 N–H and O–H groups in total. The Kier molecular flexibility index (Phi) is 1.90. The van der Waals surface area contributed by atoms with Crippen LogP contribution in [0.4, 0.5) is 0 Å². The maximum Gasteiger partial charge on any atom is 0.0883 e. The van der Waals surface area contributed by atoms with Crippen molar-refractivity contribution in [1.82, 2.24) is 0 Å². The highest BCUT2D eigenvalue weighted by Gasteiger charge is 2.30. The van der Waals surface area contributed by atoms with Gasteiger partial charge in [-0.3, -0.25) is 0 Å². The predicted molar refractivity (Wildman–Crippen MR) is 50.2 cm³/mol. The van der Waals surface area contributed by atoms with E-state index in [0.717, 1.165) is 5.56 Å². The molecule has 1 aromatic carbocycles. The molecule has 2 rings (SSSR count). The van der Waals surface area contributed by atoms with Gasteiger partial charge < -0.3 is 9.84 Å². The number of hydrogen-bond donors (Lipinski definition) is 1. The Hall–Kier alpha value is -0.860. The second-order valence-corrected chi connectivity index (χ2v) is 3.95. The minimum atomic E-state index is -0.194. The maximum atomic E-state index is 9.00. The first-order valence-electron chi connectivity index (χ1n) is 4.50. The highest BCUT2D eigenvalue weighted by Crippen LogP contribution is 2.36. The molecule has 0 atom stereocenters. The van der Waals surface area contributed by atoms with E-state index in [1.807, 2.05) is 18.2 Å². The molecule has 1 aliphatic heterocycles. The van der Waals surface area contributed by atoms with E-state index in [1.54, 1.807) is 0 Å². The molecule has 0 aromatic heterocycles. The fourth-order valence-corrected chi connectivity index (χ4v) is 1.74. The van der Waals surface area contributed by atoms with Crippen LogP contribution in [-0.4, -0.2) is 5.11 Å². The minimum absolute atomic E-state index is 0.101. The molecule has 1 aliphatic rings. The molecular weight excluding hydrogens is 164 g/mol. The molecule has 0 spiro atoms. The van der Waals surface area contributed by atoms with Gasteiger partial charge in [-0.1, -0.05) is 18.2 Å². The lowest BCUT2D eigenvalue weighted by Gasteiger charge is -2.18. The van der Waals surface area contributed by atoms with Crippen molar-refractivity contribution in [2.75, 3.05) is 0 Å². The number of fused-ring (bicyclic) bond motifs is 1. The third kappa shape index (κ3) is 1.36. The van der Waals surface area contributed by atoms with Crippen LogP contribution in [0.15, 0.2) is 18.2 Å². The van der Waals surface area contributed by atoms with Gasteiger partial charge in [0.05, 0.1) is 18.8 Å². The van der Waals surface area contributed by atoms with Crippen LogP contribution >= 0.6 is 0 Å². The predicted octanol–water partition coefficient (Wildman–Crippen LogP) is 1.94. The normalized spacial score (nSPS) is 18.7. The van der Waals surface area contributed by atoms with Crippen LogP contribution in [0.5, 0.6) is 0 Å². The molecule has 0 unspecified atom stereocenters. The van der Waals surface area contributed by atoms with Crippen LogP contribution in [0.2, 0.25) is 0 Å². The summed E-state index contributed by atoms with van der Waals surface area (Å²) < 4.78 is 5.63. The van der Waals surface area contributed by atoms with E-state index in [-0.39, 0.29) is 12.2 Å². The lowest BCUT2D eigenvalue weighted by atomic mass is 9.94. The quantitative estimate of drug-likeness (QED) is 0.712. The zero-order valence-electron chi connectivity index (χ0n) is 8.00. The van der Waals surface area contributed by atoms with E-state index in [1.165, 1.54) is 11.1 Å². The second-order valence-electron chi connectivity index (χ2n) is 3.95. The van der Waals surface area contributed by atoms with Crippen molar-refractivity contribution in [2.24, 2.45) is 0 Å². The summed E-state index contributed by atoms with van der Waals surface area (Å²) in [7, 11) is 0. The topological polar surface area (TPSA) is 29.5 Å². The molecule has 0 radical (unpaired) electrons. The van der Waals surface area contributed by atoms with Gasteiger partial charge in [-0.05, 0) is 30.5 Å². The molecule has 2 heteroatoms. The number of hydrogen-bond acceptors (Lipinski definition) is 2. The van der Waals surface area contributed by atoms with Crippen LogP contribution in [0.3, 0.4) is 0 Å². The number of rotatable bonds is 1. The van der Waals surface area contributed by atoms with Gasteiger partial charge in [0.1, 0.15) is 0 Å². The Morgan fingerprint density at radius 2 is 2.23 bits per heavy atom. The molecule has 0 aliphatic carbocycles. The lowest BCUT2D eigenvalue weighted by Crippen LogP contribution is -2.14. The van der Waals surface area contributed by atoms with E-state index >= 15 is 0 Å². The monoisotopic (exact) mass is 178 g/mol. The van der Waals surface area contributed by atoms with Crippen molar-refractivity contribution < 1.29 is 9.84 Å². The summed E-state index contributed by atoms with van der Waals surface area (Å²) in [6.45, 7) is 4.90. The highest BCUT2D eigenvalue weighted by atomic mass is 16.5. The van der Waals surface area contributed by atoms with E-state index < -0.39 is 0 Å². The van der Waals surface area contributed by atoms with Crippen LogP contribution in [-0.2, 0) is 23.6 Å². The van der Waals surface area contributed by atoms with Gasteiger partial charge in [-0.2, -0.15) is 0 Å². The lowest BCUT2D eigenvalue weighted by molar-refractivity contribution is -0.00793. The Labute approximate surface area is 78.2 Å². The van der Waals surface area contributed by atoms with Gasteiger partial charge in [-0.15, -0.1) is 0 Å². The summed E-state index contributed by atoms with van der Waals surface area (Å²) >= 11 is 0. The number of ether oxygens (including phenoxy) is 1. The largest absolute Gasteiger partial charge is 0.392 e. The first-order valence-corrected chi connectivity index (χ1v) is 4.50. The zero-order chi connectivity index (χ0) is 9.47. The molecule has 0 fully saturated rings. The molecule has 70 valence electrons. The van der Waals surface area contributed by atoms with Crippen molar-refractivity contribution in [3.05, 3.63) is 34.9 Å². The average molecular weight is 178 g/mol. The SMILES string of the molecule is CC1(C)OCc2ccc(CO)cc21. The smallest absolute Gasteiger partial charge is 0.0883 e. The standard InChI is InChI=1S/C11H14O2/c1-11(2)10-5-8(6-12)3-4-9(10)7-13-11/h3-5,12H,6-7H2,1-2H3. The summed E-state index contributed by atoms with van der Waals surface area (Å²) in [6, 6.07) is 6.02. The average Bonchev–Trinajstić information content (AvgIpc) is 2.42. The van der Waals surface area contributed by atoms with Crippen LogP contribution in [0.25, 0.3) is 0 Å². The minimum Gasteiger partial charge on any atom is -0.392 e. The van der Waals surface area contributed by atoms with Crippen LogP contribution < -0.4 is 0 Å². The summed E-state index contributed by atoms with van der Waals surface area (Å²) in [5.41, 5.74) is 3.21. The van der Waals surface area contributed by atoms with Gasteiger partial charge in [0.2, 0.25) is 0 Å². The summed E-state index contributed by atoms with van der Waals surface area (Å²) in [6.07, 6.45) is 0. The third-order valence-corrected chi connectivity index (χ3v) is 2.59. The van der Waals surface area contributed by atoms with Gasteiger partial charge in [0.15, 0.2) is 0 Å². The molecule has 0 bridgehead atoms. The van der Waals surface area contributed by atoms with Crippen molar-refractivity contribution in [2.45, 2.75) is 32.7 Å².